The molecule has 0 unspecified atom stereocenters. The number of aromatic amines is 1. The maximum absolute atomic E-state index is 12.6. The number of aromatic nitrogens is 3. The van der Waals surface area contributed by atoms with Gasteiger partial charge in [0.1, 0.15) is 5.82 Å². The molecule has 0 fully saturated rings. The SMILES string of the molecule is O=C(Nc1ccc(CCNC[C@H](O)c2cccnc2)cc1)c1cccc(-c2ncc[nH]2)c1. The number of H-pyrrole nitrogens is 1. The van der Waals surface area contributed by atoms with Crippen LogP contribution in [0.1, 0.15) is 27.6 Å². The number of aliphatic hydroxyl groups excluding tert-OH is 1. The monoisotopic (exact) mass is 427 g/mol. The lowest BCUT2D eigenvalue weighted by molar-refractivity contribution is 0.102. The Bertz CT molecular complexity index is 1130. The lowest BCUT2D eigenvalue weighted by Crippen LogP contribution is -2.23. The predicted octanol–water partition coefficient (Wildman–Crippen LogP) is 3.59. The summed E-state index contributed by atoms with van der Waals surface area (Å²) in [4.78, 5) is 23.9. The minimum absolute atomic E-state index is 0.169. The number of imidazole rings is 1. The van der Waals surface area contributed by atoms with E-state index in [-0.39, 0.29) is 5.91 Å². The van der Waals surface area contributed by atoms with E-state index in [1.807, 2.05) is 54.6 Å². The number of rotatable bonds is 9. The number of carbonyl (C=O) groups is 1. The average molecular weight is 428 g/mol. The number of hydrogen-bond donors (Lipinski definition) is 4. The number of aliphatic hydroxyl groups is 1. The highest BCUT2D eigenvalue weighted by Gasteiger charge is 2.09. The van der Waals surface area contributed by atoms with Crippen molar-refractivity contribution < 1.29 is 9.90 Å². The molecule has 0 aliphatic heterocycles. The molecule has 1 atom stereocenters. The van der Waals surface area contributed by atoms with Gasteiger partial charge in [0.15, 0.2) is 0 Å². The first-order valence-corrected chi connectivity index (χ1v) is 10.5. The van der Waals surface area contributed by atoms with E-state index in [4.69, 9.17) is 0 Å². The van der Waals surface area contributed by atoms with E-state index in [0.717, 1.165) is 41.2 Å². The zero-order valence-electron chi connectivity index (χ0n) is 17.5. The Morgan fingerprint density at radius 2 is 1.94 bits per heavy atom. The number of pyridine rings is 1. The molecule has 2 heterocycles. The minimum Gasteiger partial charge on any atom is -0.387 e. The molecule has 4 aromatic rings. The van der Waals surface area contributed by atoms with Crippen LogP contribution in [0.25, 0.3) is 11.4 Å². The Labute approximate surface area is 186 Å². The van der Waals surface area contributed by atoms with Gasteiger partial charge in [-0.3, -0.25) is 9.78 Å². The Morgan fingerprint density at radius 3 is 2.69 bits per heavy atom. The number of amides is 1. The second-order valence-corrected chi connectivity index (χ2v) is 7.43. The van der Waals surface area contributed by atoms with Crippen LogP contribution < -0.4 is 10.6 Å². The van der Waals surface area contributed by atoms with Gasteiger partial charge in [0.2, 0.25) is 0 Å². The van der Waals surface area contributed by atoms with Crippen LogP contribution in [0, 0.1) is 0 Å². The molecular weight excluding hydrogens is 402 g/mol. The van der Waals surface area contributed by atoms with Crippen LogP contribution in [-0.4, -0.2) is 39.1 Å². The van der Waals surface area contributed by atoms with Crippen molar-refractivity contribution in [2.45, 2.75) is 12.5 Å². The van der Waals surface area contributed by atoms with E-state index in [1.165, 1.54) is 0 Å². The number of anilines is 1. The van der Waals surface area contributed by atoms with E-state index in [2.05, 4.69) is 25.6 Å². The molecule has 0 spiro atoms. The van der Waals surface area contributed by atoms with Crippen LogP contribution in [0.15, 0.2) is 85.5 Å². The molecule has 7 nitrogen and oxygen atoms in total. The second kappa shape index (κ2) is 10.5. The first kappa shape index (κ1) is 21.4. The highest BCUT2D eigenvalue weighted by atomic mass is 16.3. The highest BCUT2D eigenvalue weighted by molar-refractivity contribution is 6.04. The van der Waals surface area contributed by atoms with Gasteiger partial charge in [-0.05, 0) is 48.9 Å². The van der Waals surface area contributed by atoms with Gasteiger partial charge >= 0.3 is 0 Å². The van der Waals surface area contributed by atoms with Crippen molar-refractivity contribution in [1.29, 1.82) is 0 Å². The van der Waals surface area contributed by atoms with Crippen molar-refractivity contribution >= 4 is 11.6 Å². The molecule has 0 aliphatic carbocycles. The molecular formula is C25H25N5O2. The molecule has 1 amide bonds. The summed E-state index contributed by atoms with van der Waals surface area (Å²) < 4.78 is 0. The van der Waals surface area contributed by atoms with Crippen molar-refractivity contribution in [2.75, 3.05) is 18.4 Å². The van der Waals surface area contributed by atoms with Crippen molar-refractivity contribution in [2.24, 2.45) is 0 Å². The summed E-state index contributed by atoms with van der Waals surface area (Å²) in [5, 5.41) is 16.4. The lowest BCUT2D eigenvalue weighted by atomic mass is 10.1. The Morgan fingerprint density at radius 1 is 1.06 bits per heavy atom. The summed E-state index contributed by atoms with van der Waals surface area (Å²) in [5.41, 5.74) is 4.11. The van der Waals surface area contributed by atoms with E-state index >= 15 is 0 Å². The van der Waals surface area contributed by atoms with E-state index in [0.29, 0.717) is 12.1 Å². The normalized spacial score (nSPS) is 11.8. The summed E-state index contributed by atoms with van der Waals surface area (Å²) in [5.74, 6) is 0.558. The van der Waals surface area contributed by atoms with E-state index in [9.17, 15) is 9.90 Å². The Balaban J connectivity index is 1.26. The van der Waals surface area contributed by atoms with Crippen molar-refractivity contribution in [3.05, 3.63) is 102 Å². The fraction of sp³-hybridized carbons (Fsp3) is 0.160. The van der Waals surface area contributed by atoms with Gasteiger partial charge in [-0.2, -0.15) is 0 Å². The molecule has 7 heteroatoms. The molecule has 32 heavy (non-hydrogen) atoms. The molecule has 4 N–H and O–H groups in total. The second-order valence-electron chi connectivity index (χ2n) is 7.43. The Kier molecular flexibility index (Phi) is 7.01. The van der Waals surface area contributed by atoms with Crippen LogP contribution in [0.3, 0.4) is 0 Å². The number of nitrogens with zero attached hydrogens (tertiary/aromatic N) is 2. The zero-order chi connectivity index (χ0) is 22.2. The summed E-state index contributed by atoms with van der Waals surface area (Å²) in [7, 11) is 0. The van der Waals surface area contributed by atoms with Crippen LogP contribution >= 0.6 is 0 Å². The van der Waals surface area contributed by atoms with Gasteiger partial charge in [0.05, 0.1) is 6.10 Å². The molecule has 0 bridgehead atoms. The molecule has 2 aromatic heterocycles. The maximum atomic E-state index is 12.6. The van der Waals surface area contributed by atoms with Gasteiger partial charge in [0, 0.05) is 53.7 Å². The third-order valence-corrected chi connectivity index (χ3v) is 5.11. The first-order valence-electron chi connectivity index (χ1n) is 10.5. The maximum Gasteiger partial charge on any atom is 0.255 e. The first-order chi connectivity index (χ1) is 15.7. The summed E-state index contributed by atoms with van der Waals surface area (Å²) in [6, 6.07) is 18.8. The number of carbonyl (C=O) groups excluding carboxylic acids is 1. The minimum atomic E-state index is -0.576. The van der Waals surface area contributed by atoms with Crippen molar-refractivity contribution in [3.8, 4) is 11.4 Å². The fourth-order valence-corrected chi connectivity index (χ4v) is 3.35. The zero-order valence-corrected chi connectivity index (χ0v) is 17.5. The predicted molar refractivity (Wildman–Crippen MR) is 124 cm³/mol. The highest BCUT2D eigenvalue weighted by Crippen LogP contribution is 2.18. The topological polar surface area (TPSA) is 103 Å². The van der Waals surface area contributed by atoms with Crippen LogP contribution in [0.2, 0.25) is 0 Å². The number of hydrogen-bond acceptors (Lipinski definition) is 5. The van der Waals surface area contributed by atoms with Crippen LogP contribution in [0.4, 0.5) is 5.69 Å². The van der Waals surface area contributed by atoms with E-state index in [1.54, 1.807) is 30.9 Å². The number of benzene rings is 2. The molecule has 0 radical (unpaired) electrons. The Hall–Kier alpha value is -3.81. The quantitative estimate of drug-likeness (QED) is 0.306. The molecule has 2 aromatic carbocycles. The molecule has 4 rings (SSSR count). The van der Waals surface area contributed by atoms with Gasteiger partial charge in [-0.15, -0.1) is 0 Å². The molecule has 162 valence electrons. The average Bonchev–Trinajstić information content (AvgIpc) is 3.38. The van der Waals surface area contributed by atoms with Gasteiger partial charge in [0.25, 0.3) is 5.91 Å². The van der Waals surface area contributed by atoms with Gasteiger partial charge in [-0.25, -0.2) is 4.98 Å². The van der Waals surface area contributed by atoms with Crippen molar-refractivity contribution in [3.63, 3.8) is 0 Å². The molecule has 0 saturated carbocycles. The largest absolute Gasteiger partial charge is 0.387 e. The third-order valence-electron chi connectivity index (χ3n) is 5.11. The van der Waals surface area contributed by atoms with Gasteiger partial charge in [-0.1, -0.05) is 30.3 Å². The smallest absolute Gasteiger partial charge is 0.255 e. The molecule has 0 aliphatic rings. The van der Waals surface area contributed by atoms with Gasteiger partial charge < -0.3 is 20.7 Å². The van der Waals surface area contributed by atoms with Crippen molar-refractivity contribution in [1.82, 2.24) is 20.3 Å². The summed E-state index contributed by atoms with van der Waals surface area (Å²) in [6.07, 6.45) is 7.04. The molecule has 0 saturated heterocycles. The fourth-order valence-electron chi connectivity index (χ4n) is 3.35. The third kappa shape index (κ3) is 5.66. The lowest BCUT2D eigenvalue weighted by Gasteiger charge is -2.12. The summed E-state index contributed by atoms with van der Waals surface area (Å²) in [6.45, 7) is 1.21. The van der Waals surface area contributed by atoms with Crippen LogP contribution in [0.5, 0.6) is 0 Å². The summed E-state index contributed by atoms with van der Waals surface area (Å²) >= 11 is 0. The van der Waals surface area contributed by atoms with E-state index < -0.39 is 6.10 Å². The number of nitrogens with one attached hydrogen (secondary N) is 3. The standard InChI is InChI=1S/C25H25N5O2/c31-23(21-5-2-11-26-16-21)17-27-12-10-18-6-8-22(9-7-18)30-25(32)20-4-1-3-19(15-20)24-28-13-14-29-24/h1-9,11,13-16,23,27,31H,10,12,17H2,(H,28,29)(H,30,32)/t23-/m0/s1. The van der Waals surface area contributed by atoms with Crippen LogP contribution in [-0.2, 0) is 6.42 Å².